The molecule has 4 N–H and O–H groups in total. The molecule has 0 amide bonds. The fourth-order valence-electron chi connectivity index (χ4n) is 1.86. The van der Waals surface area contributed by atoms with Gasteiger partial charge in [-0.1, -0.05) is 24.3 Å². The van der Waals surface area contributed by atoms with E-state index in [1.165, 1.54) is 18.2 Å². The van der Waals surface area contributed by atoms with Crippen molar-refractivity contribution in [3.63, 3.8) is 0 Å². The minimum absolute atomic E-state index is 0. The average molecular weight is 453 g/mol. The Morgan fingerprint density at radius 3 is 1.72 bits per heavy atom. The molecule has 0 fully saturated rings. The molecule has 2 aromatic carbocycles. The molecule has 3 radical (unpaired) electrons. The molecule has 0 unspecified atom stereocenters. The SMILES string of the molecule is F.N#CCc1cccc([N+](=O)[O-])c1.NCCc1cccc([N+](=O)[O-])c1.O=C(O)C(=O)O.[3HH].[B]. The molecule has 0 spiro atoms. The van der Waals surface area contributed by atoms with Gasteiger partial charge >= 0.3 is 11.9 Å². The average Bonchev–Trinajstić information content (AvgIpc) is 2.70. The zero-order valence-corrected chi connectivity index (χ0v) is 16.5. The Labute approximate surface area is 184 Å². The van der Waals surface area contributed by atoms with Crippen LogP contribution in [0.4, 0.5) is 16.1 Å². The van der Waals surface area contributed by atoms with Crippen LogP contribution < -0.4 is 5.73 Å². The summed E-state index contributed by atoms with van der Waals surface area (Å²) in [7, 11) is 0. The summed E-state index contributed by atoms with van der Waals surface area (Å²) in [6.07, 6.45) is 0.892. The Bertz CT molecular complexity index is 947. The maximum atomic E-state index is 10.3. The van der Waals surface area contributed by atoms with Gasteiger partial charge in [-0.15, -0.1) is 0 Å². The number of non-ortho nitro benzene ring substituents is 2. The van der Waals surface area contributed by atoms with E-state index in [1.54, 1.807) is 24.3 Å². The fourth-order valence-corrected chi connectivity index (χ4v) is 1.86. The van der Waals surface area contributed by atoms with E-state index in [2.05, 4.69) is 0 Å². The molecule has 0 aliphatic rings. The lowest BCUT2D eigenvalue weighted by atomic mass is 10.1. The molecule has 0 heterocycles. The van der Waals surface area contributed by atoms with Gasteiger partial charge in [0.1, 0.15) is 0 Å². The van der Waals surface area contributed by atoms with E-state index in [4.69, 9.17) is 30.8 Å². The molecule has 0 saturated carbocycles. The first-order valence-corrected chi connectivity index (χ1v) is 8.12. The molecular weight excluding hydrogens is 430 g/mol. The number of hydrogen-bond donors (Lipinski definition) is 3. The lowest BCUT2D eigenvalue weighted by molar-refractivity contribution is -0.385. The molecule has 0 bridgehead atoms. The molecule has 0 saturated heterocycles. The van der Waals surface area contributed by atoms with Gasteiger partial charge in [0, 0.05) is 34.1 Å². The highest BCUT2D eigenvalue weighted by atomic mass is 19.0. The molecular formula is C18H21BFN4O8. The summed E-state index contributed by atoms with van der Waals surface area (Å²) in [4.78, 5) is 37.9. The lowest BCUT2D eigenvalue weighted by Gasteiger charge is -1.96. The van der Waals surface area contributed by atoms with Crippen LogP contribution in [-0.4, -0.2) is 47.0 Å². The van der Waals surface area contributed by atoms with Gasteiger partial charge in [0.2, 0.25) is 0 Å². The molecule has 2 aromatic rings. The predicted octanol–water partition coefficient (Wildman–Crippen LogP) is 1.93. The monoisotopic (exact) mass is 453 g/mol. The van der Waals surface area contributed by atoms with E-state index in [1.807, 2.05) is 12.1 Å². The highest BCUT2D eigenvalue weighted by Crippen LogP contribution is 2.13. The van der Waals surface area contributed by atoms with Crippen LogP contribution in [0, 0.1) is 31.6 Å². The Hall–Kier alpha value is -4.38. The van der Waals surface area contributed by atoms with Crippen LogP contribution in [0.25, 0.3) is 0 Å². The normalized spacial score (nSPS) is 8.38. The summed E-state index contributed by atoms with van der Waals surface area (Å²) in [5.74, 6) is -3.65. The molecule has 171 valence electrons. The van der Waals surface area contributed by atoms with Crippen molar-refractivity contribution in [2.24, 2.45) is 5.73 Å². The Balaban J connectivity index is -0.000000193. The van der Waals surface area contributed by atoms with Crippen molar-refractivity contribution in [2.45, 2.75) is 12.8 Å². The Kier molecular flexibility index (Phi) is 17.6. The standard InChI is InChI=1S/C8H10N2O2.C8H6N2O2.C2H2O4.B.FH.H2/c2*9-5-4-7-2-1-3-8(6-7)10(11)12;3-1(4)2(5)6;;;/h1-3,6H,4-5,9H2;1-3,6H,4H2;(H,3,4)(H,5,6);;2*1H/i;;;;;1+2. The molecule has 14 heteroatoms. The third-order valence-electron chi connectivity index (χ3n) is 3.14. The Morgan fingerprint density at radius 2 is 1.38 bits per heavy atom. The maximum absolute atomic E-state index is 10.3. The summed E-state index contributed by atoms with van der Waals surface area (Å²) in [6, 6.07) is 14.5. The molecule has 2 rings (SSSR count). The van der Waals surface area contributed by atoms with Gasteiger partial charge < -0.3 is 15.9 Å². The van der Waals surface area contributed by atoms with Crippen LogP contribution >= 0.6 is 0 Å². The number of carbonyl (C=O) groups is 2. The highest BCUT2D eigenvalue weighted by Gasteiger charge is 2.05. The van der Waals surface area contributed by atoms with Crippen molar-refractivity contribution in [3.8, 4) is 6.07 Å². The van der Waals surface area contributed by atoms with Gasteiger partial charge in [-0.2, -0.15) is 5.26 Å². The van der Waals surface area contributed by atoms with Crippen molar-refractivity contribution in [3.05, 3.63) is 79.9 Å². The number of nitriles is 1. The van der Waals surface area contributed by atoms with E-state index in [-0.39, 0.29) is 32.3 Å². The number of rotatable bonds is 5. The van der Waals surface area contributed by atoms with Crippen LogP contribution in [0.15, 0.2) is 48.5 Å². The molecule has 0 aromatic heterocycles. The van der Waals surface area contributed by atoms with Gasteiger partial charge in [-0.25, -0.2) is 9.59 Å². The number of nitro benzene ring substituents is 2. The third-order valence-corrected chi connectivity index (χ3v) is 3.14. The summed E-state index contributed by atoms with van der Waals surface area (Å²) in [6.45, 7) is 0.515. The molecule has 0 aliphatic heterocycles. The third kappa shape index (κ3) is 13.7. The quantitative estimate of drug-likeness (QED) is 0.259. The first kappa shape index (κ1) is 32.3. The largest absolute Gasteiger partial charge is 0.473 e. The van der Waals surface area contributed by atoms with E-state index < -0.39 is 21.8 Å². The van der Waals surface area contributed by atoms with Crippen LogP contribution in [0.1, 0.15) is 12.6 Å². The van der Waals surface area contributed by atoms with Crippen molar-refractivity contribution in [2.75, 3.05) is 6.54 Å². The van der Waals surface area contributed by atoms with E-state index in [9.17, 15) is 20.2 Å². The zero-order chi connectivity index (χ0) is 23.1. The number of hydrogen-bond acceptors (Lipinski definition) is 8. The van der Waals surface area contributed by atoms with Gasteiger partial charge in [0.25, 0.3) is 11.4 Å². The summed E-state index contributed by atoms with van der Waals surface area (Å²) < 4.78 is 0. The molecule has 0 atom stereocenters. The smallest absolute Gasteiger partial charge is 0.414 e. The number of nitrogens with two attached hydrogens (primary N) is 1. The lowest BCUT2D eigenvalue weighted by Crippen LogP contribution is -2.09. The maximum Gasteiger partial charge on any atom is 0.414 e. The number of carboxylic acid groups (broad SMARTS) is 2. The molecule has 32 heavy (non-hydrogen) atoms. The van der Waals surface area contributed by atoms with Gasteiger partial charge in [0.15, 0.2) is 0 Å². The number of nitro groups is 2. The topological polar surface area (TPSA) is 211 Å². The second kappa shape index (κ2) is 17.5. The number of halogens is 1. The van der Waals surface area contributed by atoms with Gasteiger partial charge in [-0.3, -0.25) is 24.9 Å². The minimum Gasteiger partial charge on any atom is -0.473 e. The first-order valence-electron chi connectivity index (χ1n) is 8.12. The van der Waals surface area contributed by atoms with E-state index >= 15 is 0 Å². The number of benzene rings is 2. The summed E-state index contributed by atoms with van der Waals surface area (Å²) in [5, 5.41) is 43.7. The minimum atomic E-state index is -1.82. The van der Waals surface area contributed by atoms with Crippen LogP contribution in [0.3, 0.4) is 0 Å². The first-order chi connectivity index (χ1) is 14.1. The number of carboxylic acids is 2. The van der Waals surface area contributed by atoms with Crippen LogP contribution in [-0.2, 0) is 22.4 Å². The number of nitrogens with zero attached hydrogens (tertiary/aromatic N) is 3. The predicted molar refractivity (Wildman–Crippen MR) is 114 cm³/mol. The van der Waals surface area contributed by atoms with Crippen LogP contribution in [0.2, 0.25) is 0 Å². The van der Waals surface area contributed by atoms with Crippen molar-refractivity contribution in [1.29, 1.82) is 5.26 Å². The second-order valence-electron chi connectivity index (χ2n) is 5.34. The molecule has 0 aliphatic carbocycles. The summed E-state index contributed by atoms with van der Waals surface area (Å²) in [5.41, 5.74) is 7.05. The number of aliphatic carboxylic acids is 2. The van der Waals surface area contributed by atoms with E-state index in [0.717, 1.165) is 5.56 Å². The van der Waals surface area contributed by atoms with Gasteiger partial charge in [0.05, 0.1) is 22.3 Å². The van der Waals surface area contributed by atoms with Crippen LogP contribution in [0.5, 0.6) is 0 Å². The zero-order valence-electron chi connectivity index (χ0n) is 16.5. The van der Waals surface area contributed by atoms with Crippen molar-refractivity contribution >= 4 is 31.7 Å². The van der Waals surface area contributed by atoms with Crippen molar-refractivity contribution < 1.29 is 35.8 Å². The van der Waals surface area contributed by atoms with Crippen molar-refractivity contribution in [1.82, 2.24) is 0 Å². The Morgan fingerprint density at radius 1 is 0.969 bits per heavy atom. The molecule has 12 nitrogen and oxygen atoms in total. The second-order valence-corrected chi connectivity index (χ2v) is 5.34. The van der Waals surface area contributed by atoms with Gasteiger partial charge in [-0.05, 0) is 24.1 Å². The fraction of sp³-hybridized carbons (Fsp3) is 0.167. The van der Waals surface area contributed by atoms with E-state index in [0.29, 0.717) is 18.5 Å². The highest BCUT2D eigenvalue weighted by molar-refractivity contribution is 6.27. The summed E-state index contributed by atoms with van der Waals surface area (Å²) >= 11 is 0.